The number of ether oxygens (including phenoxy) is 1. The Hall–Kier alpha value is -1.39. The number of likely N-dealkylation sites (tertiary alicyclic amines) is 1. The van der Waals surface area contributed by atoms with Gasteiger partial charge in [0, 0.05) is 6.54 Å². The van der Waals surface area contributed by atoms with Crippen LogP contribution in [0.4, 0.5) is 0 Å². The largest absolute Gasteiger partial charge is 0.367 e. The van der Waals surface area contributed by atoms with Crippen LogP contribution in [0.2, 0.25) is 0 Å². The van der Waals surface area contributed by atoms with E-state index in [-0.39, 0.29) is 12.5 Å². The molecular formula is C18H28N2O2. The number of nitrogens with one attached hydrogen (secondary N) is 1. The maximum atomic E-state index is 11.7. The molecule has 1 aromatic rings. The van der Waals surface area contributed by atoms with Crippen molar-refractivity contribution in [3.05, 3.63) is 35.9 Å². The Labute approximate surface area is 133 Å². The lowest BCUT2D eigenvalue weighted by atomic mass is 9.99. The van der Waals surface area contributed by atoms with Crippen LogP contribution in [0.15, 0.2) is 30.3 Å². The van der Waals surface area contributed by atoms with Crippen molar-refractivity contribution in [1.29, 1.82) is 0 Å². The number of nitrogens with zero attached hydrogens (tertiary/aromatic N) is 1. The molecule has 0 aliphatic carbocycles. The van der Waals surface area contributed by atoms with E-state index in [4.69, 9.17) is 4.74 Å². The van der Waals surface area contributed by atoms with Crippen molar-refractivity contribution in [2.75, 3.05) is 32.8 Å². The molecule has 1 aromatic carbocycles. The van der Waals surface area contributed by atoms with E-state index in [1.165, 1.54) is 25.9 Å². The number of carbonyl (C=O) groups is 1. The molecule has 1 N–H and O–H groups in total. The summed E-state index contributed by atoms with van der Waals surface area (Å²) in [6.45, 7) is 7.17. The standard InChI is InChI=1S/C18H28N2O2/c1-16-8-12-20(13-9-16)11-5-10-19-18(21)15-22-14-17-6-3-2-4-7-17/h2-4,6-7,16H,5,8-15H2,1H3,(H,19,21). The molecule has 0 aromatic heterocycles. The van der Waals surface area contributed by atoms with E-state index in [1.807, 2.05) is 30.3 Å². The molecule has 1 heterocycles. The number of amides is 1. The predicted octanol–water partition coefficient (Wildman–Crippen LogP) is 2.44. The lowest BCUT2D eigenvalue weighted by Gasteiger charge is -2.30. The Bertz CT molecular complexity index is 428. The van der Waals surface area contributed by atoms with Crippen molar-refractivity contribution in [2.24, 2.45) is 5.92 Å². The summed E-state index contributed by atoms with van der Waals surface area (Å²) in [5, 5.41) is 2.93. The molecule has 0 radical (unpaired) electrons. The first-order valence-corrected chi connectivity index (χ1v) is 8.35. The van der Waals surface area contributed by atoms with E-state index in [1.54, 1.807) is 0 Å². The number of hydrogen-bond donors (Lipinski definition) is 1. The smallest absolute Gasteiger partial charge is 0.246 e. The average molecular weight is 304 g/mol. The summed E-state index contributed by atoms with van der Waals surface area (Å²) in [5.41, 5.74) is 1.09. The molecule has 0 atom stereocenters. The minimum Gasteiger partial charge on any atom is -0.367 e. The van der Waals surface area contributed by atoms with Gasteiger partial charge in [-0.1, -0.05) is 37.3 Å². The lowest BCUT2D eigenvalue weighted by Crippen LogP contribution is -2.36. The zero-order valence-corrected chi connectivity index (χ0v) is 13.6. The number of carbonyl (C=O) groups excluding carboxylic acids is 1. The predicted molar refractivity (Wildman–Crippen MR) is 88.6 cm³/mol. The number of rotatable bonds is 8. The quantitative estimate of drug-likeness (QED) is 0.750. The van der Waals surface area contributed by atoms with E-state index in [9.17, 15) is 4.79 Å². The van der Waals surface area contributed by atoms with Crippen LogP contribution < -0.4 is 5.32 Å². The van der Waals surface area contributed by atoms with Crippen molar-refractivity contribution < 1.29 is 9.53 Å². The topological polar surface area (TPSA) is 41.6 Å². The van der Waals surface area contributed by atoms with Crippen molar-refractivity contribution in [3.63, 3.8) is 0 Å². The highest BCUT2D eigenvalue weighted by Crippen LogP contribution is 2.15. The van der Waals surface area contributed by atoms with E-state index in [0.717, 1.165) is 31.0 Å². The number of hydrogen-bond acceptors (Lipinski definition) is 3. The Morgan fingerprint density at radius 3 is 2.73 bits per heavy atom. The summed E-state index contributed by atoms with van der Waals surface area (Å²) in [6, 6.07) is 9.91. The zero-order valence-electron chi connectivity index (χ0n) is 13.6. The van der Waals surface area contributed by atoms with Crippen LogP contribution in [0, 0.1) is 5.92 Å². The molecule has 122 valence electrons. The van der Waals surface area contributed by atoms with Gasteiger partial charge in [-0.3, -0.25) is 4.79 Å². The Kier molecular flexibility index (Phi) is 7.40. The van der Waals surface area contributed by atoms with E-state index in [0.29, 0.717) is 6.61 Å². The minimum atomic E-state index is -0.0248. The highest BCUT2D eigenvalue weighted by atomic mass is 16.5. The fourth-order valence-electron chi connectivity index (χ4n) is 2.70. The molecule has 1 fully saturated rings. The van der Waals surface area contributed by atoms with Gasteiger partial charge in [-0.2, -0.15) is 0 Å². The summed E-state index contributed by atoms with van der Waals surface area (Å²) < 4.78 is 5.42. The maximum absolute atomic E-state index is 11.7. The minimum absolute atomic E-state index is 0.0248. The van der Waals surface area contributed by atoms with Crippen LogP contribution in [0.5, 0.6) is 0 Å². The van der Waals surface area contributed by atoms with Crippen molar-refractivity contribution in [3.8, 4) is 0 Å². The number of benzene rings is 1. The molecular weight excluding hydrogens is 276 g/mol. The third-order valence-corrected chi connectivity index (χ3v) is 4.19. The normalized spacial score (nSPS) is 16.6. The first-order valence-electron chi connectivity index (χ1n) is 8.35. The average Bonchev–Trinajstić information content (AvgIpc) is 2.54. The summed E-state index contributed by atoms with van der Waals surface area (Å²) in [6.07, 6.45) is 3.62. The summed E-state index contributed by atoms with van der Waals surface area (Å²) in [4.78, 5) is 14.2. The second kappa shape index (κ2) is 9.59. The second-order valence-electron chi connectivity index (χ2n) is 6.21. The molecule has 0 saturated carbocycles. The van der Waals surface area contributed by atoms with Crippen molar-refractivity contribution in [2.45, 2.75) is 32.8 Å². The third-order valence-electron chi connectivity index (χ3n) is 4.19. The molecule has 2 rings (SSSR count). The van der Waals surface area contributed by atoms with Gasteiger partial charge < -0.3 is 15.0 Å². The van der Waals surface area contributed by atoms with Gasteiger partial charge >= 0.3 is 0 Å². The Morgan fingerprint density at radius 1 is 1.27 bits per heavy atom. The van der Waals surface area contributed by atoms with E-state index >= 15 is 0 Å². The lowest BCUT2D eigenvalue weighted by molar-refractivity contribution is -0.126. The summed E-state index contributed by atoms with van der Waals surface area (Å²) in [7, 11) is 0. The first kappa shape index (κ1) is 17.0. The van der Waals surface area contributed by atoms with Gasteiger partial charge in [0.25, 0.3) is 0 Å². The fourth-order valence-corrected chi connectivity index (χ4v) is 2.70. The van der Waals surface area contributed by atoms with Crippen molar-refractivity contribution >= 4 is 5.91 Å². The van der Waals surface area contributed by atoms with Crippen LogP contribution in [-0.2, 0) is 16.1 Å². The van der Waals surface area contributed by atoms with Crippen molar-refractivity contribution in [1.82, 2.24) is 10.2 Å². The van der Waals surface area contributed by atoms with Gasteiger partial charge in [0.1, 0.15) is 6.61 Å². The second-order valence-corrected chi connectivity index (χ2v) is 6.21. The molecule has 22 heavy (non-hydrogen) atoms. The van der Waals surface area contributed by atoms with Gasteiger partial charge in [0.05, 0.1) is 6.61 Å². The first-order chi connectivity index (χ1) is 10.7. The highest BCUT2D eigenvalue weighted by molar-refractivity contribution is 5.77. The molecule has 0 bridgehead atoms. The van der Waals surface area contributed by atoms with Gasteiger partial charge in [-0.15, -0.1) is 0 Å². The maximum Gasteiger partial charge on any atom is 0.246 e. The number of piperidine rings is 1. The molecule has 1 aliphatic rings. The van der Waals surface area contributed by atoms with Crippen LogP contribution in [0.25, 0.3) is 0 Å². The van der Waals surface area contributed by atoms with E-state index in [2.05, 4.69) is 17.1 Å². The zero-order chi connectivity index (χ0) is 15.6. The SMILES string of the molecule is CC1CCN(CCCNC(=O)COCc2ccccc2)CC1. The fraction of sp³-hybridized carbons (Fsp3) is 0.611. The summed E-state index contributed by atoms with van der Waals surface area (Å²) >= 11 is 0. The third kappa shape index (κ3) is 6.58. The molecule has 1 amide bonds. The van der Waals surface area contributed by atoms with Gasteiger partial charge in [0.15, 0.2) is 0 Å². The Morgan fingerprint density at radius 2 is 2.00 bits per heavy atom. The Balaban J connectivity index is 1.47. The molecule has 4 nitrogen and oxygen atoms in total. The van der Waals surface area contributed by atoms with Crippen LogP contribution >= 0.6 is 0 Å². The highest BCUT2D eigenvalue weighted by Gasteiger charge is 2.14. The van der Waals surface area contributed by atoms with Gasteiger partial charge in [-0.05, 0) is 50.4 Å². The molecule has 4 heteroatoms. The summed E-state index contributed by atoms with van der Waals surface area (Å²) in [5.74, 6) is 0.848. The van der Waals surface area contributed by atoms with Gasteiger partial charge in [0.2, 0.25) is 5.91 Å². The molecule has 1 saturated heterocycles. The molecule has 0 unspecified atom stereocenters. The monoisotopic (exact) mass is 304 g/mol. The molecule has 1 aliphatic heterocycles. The van der Waals surface area contributed by atoms with E-state index < -0.39 is 0 Å². The van der Waals surface area contributed by atoms with Gasteiger partial charge in [-0.25, -0.2) is 0 Å². The molecule has 0 spiro atoms. The van der Waals surface area contributed by atoms with Crippen LogP contribution in [-0.4, -0.2) is 43.6 Å². The van der Waals surface area contributed by atoms with Crippen LogP contribution in [0.3, 0.4) is 0 Å². The van der Waals surface area contributed by atoms with Crippen LogP contribution in [0.1, 0.15) is 31.7 Å².